The number of aromatic nitrogens is 1. The number of rotatable bonds is 3. The molecule has 1 aromatic carbocycles. The molecule has 0 fully saturated rings. The highest BCUT2D eigenvalue weighted by Gasteiger charge is 2.15. The molecule has 17 heavy (non-hydrogen) atoms. The Balaban J connectivity index is 2.39. The molecule has 0 saturated carbocycles. The minimum absolute atomic E-state index is 0.105. The molecule has 3 heteroatoms. The molecule has 0 N–H and O–H groups in total. The fraction of sp³-hybridized carbons (Fsp3) is 0.143. The third-order valence-electron chi connectivity index (χ3n) is 2.68. The predicted octanol–water partition coefficient (Wildman–Crippen LogP) is 3.72. The summed E-state index contributed by atoms with van der Waals surface area (Å²) in [5.74, 6) is -1.78. The average molecular weight is 232 g/mol. The lowest BCUT2D eigenvalue weighted by molar-refractivity contribution is 0.506. The fourth-order valence-electron chi connectivity index (χ4n) is 1.80. The molecule has 0 spiro atoms. The van der Waals surface area contributed by atoms with Crippen LogP contribution < -0.4 is 0 Å². The molecule has 1 radical (unpaired) electrons. The summed E-state index contributed by atoms with van der Waals surface area (Å²) < 4.78 is 26.0. The SMILES string of the molecule is [CH2]CC(c1ccc(F)c(F)c1)c1ccccn1. The van der Waals surface area contributed by atoms with Crippen molar-refractivity contribution in [3.63, 3.8) is 0 Å². The molecule has 2 rings (SSSR count). The lowest BCUT2D eigenvalue weighted by Crippen LogP contribution is -2.03. The second kappa shape index (κ2) is 5.04. The lowest BCUT2D eigenvalue weighted by Gasteiger charge is -2.14. The van der Waals surface area contributed by atoms with E-state index in [-0.39, 0.29) is 5.92 Å². The van der Waals surface area contributed by atoms with Gasteiger partial charge in [-0.1, -0.05) is 19.1 Å². The quantitative estimate of drug-likeness (QED) is 0.786. The number of pyridine rings is 1. The van der Waals surface area contributed by atoms with Crippen LogP contribution in [0, 0.1) is 18.6 Å². The van der Waals surface area contributed by atoms with Crippen molar-refractivity contribution in [1.82, 2.24) is 4.98 Å². The van der Waals surface area contributed by atoms with Gasteiger partial charge in [-0.25, -0.2) is 8.78 Å². The maximum Gasteiger partial charge on any atom is 0.159 e. The summed E-state index contributed by atoms with van der Waals surface area (Å²) >= 11 is 0. The third kappa shape index (κ3) is 2.49. The number of halogens is 2. The summed E-state index contributed by atoms with van der Waals surface area (Å²) in [4.78, 5) is 4.22. The summed E-state index contributed by atoms with van der Waals surface area (Å²) in [7, 11) is 0. The first-order valence-corrected chi connectivity index (χ1v) is 5.37. The summed E-state index contributed by atoms with van der Waals surface area (Å²) in [5, 5.41) is 0. The fourth-order valence-corrected chi connectivity index (χ4v) is 1.80. The minimum atomic E-state index is -0.836. The van der Waals surface area contributed by atoms with Crippen molar-refractivity contribution < 1.29 is 8.78 Å². The van der Waals surface area contributed by atoms with Gasteiger partial charge in [0.15, 0.2) is 11.6 Å². The highest BCUT2D eigenvalue weighted by molar-refractivity contribution is 5.29. The van der Waals surface area contributed by atoms with Gasteiger partial charge < -0.3 is 0 Å². The van der Waals surface area contributed by atoms with Crippen molar-refractivity contribution in [3.05, 3.63) is 72.4 Å². The van der Waals surface area contributed by atoms with Crippen LogP contribution in [0.1, 0.15) is 23.6 Å². The van der Waals surface area contributed by atoms with Crippen molar-refractivity contribution in [2.45, 2.75) is 12.3 Å². The normalized spacial score (nSPS) is 12.4. The zero-order valence-electron chi connectivity index (χ0n) is 9.24. The first-order chi connectivity index (χ1) is 8.22. The van der Waals surface area contributed by atoms with Gasteiger partial charge in [0.2, 0.25) is 0 Å². The Morgan fingerprint density at radius 1 is 1.12 bits per heavy atom. The van der Waals surface area contributed by atoms with Gasteiger partial charge in [0.05, 0.1) is 0 Å². The Kier molecular flexibility index (Phi) is 3.47. The van der Waals surface area contributed by atoms with Gasteiger partial charge in [-0.2, -0.15) is 0 Å². The average Bonchev–Trinajstić information content (AvgIpc) is 2.36. The molecule has 0 amide bonds. The van der Waals surface area contributed by atoms with E-state index in [1.54, 1.807) is 12.3 Å². The highest BCUT2D eigenvalue weighted by atomic mass is 19.2. The molecule has 1 nitrogen and oxygen atoms in total. The second-order valence-corrected chi connectivity index (χ2v) is 3.77. The molecule has 1 heterocycles. The molecule has 1 aromatic heterocycles. The van der Waals surface area contributed by atoms with Gasteiger partial charge in [0.1, 0.15) is 0 Å². The Hall–Kier alpha value is -1.77. The molecule has 0 aliphatic carbocycles. The highest BCUT2D eigenvalue weighted by Crippen LogP contribution is 2.26. The number of hydrogen-bond donors (Lipinski definition) is 0. The topological polar surface area (TPSA) is 12.9 Å². The van der Waals surface area contributed by atoms with E-state index >= 15 is 0 Å². The molecule has 0 aliphatic heterocycles. The standard InChI is InChI=1S/C14H12F2N/c1-2-11(14-5-3-4-8-17-14)10-6-7-12(15)13(16)9-10/h3-9,11H,1-2H2. The zero-order valence-corrected chi connectivity index (χ0v) is 9.24. The van der Waals surface area contributed by atoms with Crippen molar-refractivity contribution in [2.24, 2.45) is 0 Å². The van der Waals surface area contributed by atoms with E-state index < -0.39 is 11.6 Å². The monoisotopic (exact) mass is 232 g/mol. The third-order valence-corrected chi connectivity index (χ3v) is 2.68. The van der Waals surface area contributed by atoms with Crippen molar-refractivity contribution >= 4 is 0 Å². The van der Waals surface area contributed by atoms with Crippen LogP contribution in [0.15, 0.2) is 42.6 Å². The smallest absolute Gasteiger partial charge is 0.159 e. The van der Waals surface area contributed by atoms with Gasteiger partial charge in [-0.3, -0.25) is 4.98 Å². The van der Waals surface area contributed by atoms with Crippen molar-refractivity contribution in [2.75, 3.05) is 0 Å². The molecule has 0 bridgehead atoms. The maximum atomic E-state index is 13.2. The second-order valence-electron chi connectivity index (χ2n) is 3.77. The van der Waals surface area contributed by atoms with E-state index in [4.69, 9.17) is 0 Å². The van der Waals surface area contributed by atoms with Crippen LogP contribution >= 0.6 is 0 Å². The lowest BCUT2D eigenvalue weighted by atomic mass is 9.92. The first kappa shape index (κ1) is 11.7. The number of hydrogen-bond acceptors (Lipinski definition) is 1. The van der Waals surface area contributed by atoms with Gasteiger partial charge in [0, 0.05) is 17.8 Å². The molecule has 87 valence electrons. The van der Waals surface area contributed by atoms with Crippen LogP contribution in [0.5, 0.6) is 0 Å². The Bertz CT molecular complexity index is 497. The van der Waals surface area contributed by atoms with E-state index in [2.05, 4.69) is 11.9 Å². The van der Waals surface area contributed by atoms with E-state index in [0.29, 0.717) is 12.0 Å². The van der Waals surface area contributed by atoms with E-state index in [9.17, 15) is 8.78 Å². The molecule has 1 atom stereocenters. The summed E-state index contributed by atoms with van der Waals surface area (Å²) in [5.41, 5.74) is 1.51. The Morgan fingerprint density at radius 2 is 1.94 bits per heavy atom. The largest absolute Gasteiger partial charge is 0.261 e. The molecule has 0 aliphatic rings. The summed E-state index contributed by atoms with van der Waals surface area (Å²) in [6, 6.07) is 9.45. The molecule has 2 aromatic rings. The molecular weight excluding hydrogens is 220 g/mol. The van der Waals surface area contributed by atoms with Crippen LogP contribution in [0.3, 0.4) is 0 Å². The first-order valence-electron chi connectivity index (χ1n) is 5.37. The van der Waals surface area contributed by atoms with Crippen molar-refractivity contribution in [3.8, 4) is 0 Å². The van der Waals surface area contributed by atoms with Gasteiger partial charge in [-0.05, 0) is 36.2 Å². The van der Waals surface area contributed by atoms with Crippen LogP contribution in [0.4, 0.5) is 8.78 Å². The van der Waals surface area contributed by atoms with Gasteiger partial charge in [-0.15, -0.1) is 0 Å². The molecular formula is C14H12F2N. The van der Waals surface area contributed by atoms with Crippen LogP contribution in [0.2, 0.25) is 0 Å². The zero-order chi connectivity index (χ0) is 12.3. The van der Waals surface area contributed by atoms with Gasteiger partial charge >= 0.3 is 0 Å². The van der Waals surface area contributed by atoms with E-state index in [0.717, 1.165) is 11.8 Å². The number of benzene rings is 1. The van der Waals surface area contributed by atoms with Crippen LogP contribution in [-0.2, 0) is 0 Å². The summed E-state index contributed by atoms with van der Waals surface area (Å²) in [6.07, 6.45) is 2.22. The van der Waals surface area contributed by atoms with Crippen LogP contribution in [-0.4, -0.2) is 4.98 Å². The van der Waals surface area contributed by atoms with Crippen molar-refractivity contribution in [1.29, 1.82) is 0 Å². The minimum Gasteiger partial charge on any atom is -0.261 e. The molecule has 1 unspecified atom stereocenters. The predicted molar refractivity (Wildman–Crippen MR) is 62.4 cm³/mol. The Morgan fingerprint density at radius 3 is 2.53 bits per heavy atom. The number of nitrogens with zero attached hydrogens (tertiary/aromatic N) is 1. The maximum absolute atomic E-state index is 13.2. The van der Waals surface area contributed by atoms with E-state index in [1.807, 2.05) is 18.2 Å². The molecule has 0 saturated heterocycles. The van der Waals surface area contributed by atoms with Crippen LogP contribution in [0.25, 0.3) is 0 Å². The summed E-state index contributed by atoms with van der Waals surface area (Å²) in [6.45, 7) is 3.83. The van der Waals surface area contributed by atoms with Gasteiger partial charge in [0.25, 0.3) is 0 Å². The Labute approximate surface area is 99.1 Å². The van der Waals surface area contributed by atoms with E-state index in [1.165, 1.54) is 6.07 Å².